The topological polar surface area (TPSA) is 49.0 Å². The summed E-state index contributed by atoms with van der Waals surface area (Å²) in [7, 11) is 0. The summed E-state index contributed by atoms with van der Waals surface area (Å²) in [5.74, 6) is -0.0860. The SMILES string of the molecule is O=C(c1ccccc1)N1CCC(c2c(F)cnc3[nH]ccc23)CC1. The van der Waals surface area contributed by atoms with E-state index < -0.39 is 0 Å². The first-order chi connectivity index (χ1) is 11.7. The highest BCUT2D eigenvalue weighted by Gasteiger charge is 2.27. The summed E-state index contributed by atoms with van der Waals surface area (Å²) in [6.45, 7) is 1.29. The van der Waals surface area contributed by atoms with Gasteiger partial charge in [0.05, 0.1) is 6.20 Å². The van der Waals surface area contributed by atoms with Crippen molar-refractivity contribution in [3.05, 3.63) is 65.7 Å². The number of nitrogens with one attached hydrogen (secondary N) is 1. The Labute approximate surface area is 139 Å². The van der Waals surface area contributed by atoms with Crippen LogP contribution in [0.25, 0.3) is 11.0 Å². The van der Waals surface area contributed by atoms with E-state index in [-0.39, 0.29) is 17.6 Å². The van der Waals surface area contributed by atoms with Crippen LogP contribution in [0, 0.1) is 5.82 Å². The summed E-state index contributed by atoms with van der Waals surface area (Å²) in [5, 5.41) is 0.850. The van der Waals surface area contributed by atoms with Gasteiger partial charge in [0.15, 0.2) is 0 Å². The van der Waals surface area contributed by atoms with E-state index >= 15 is 0 Å². The van der Waals surface area contributed by atoms with Crippen LogP contribution in [0.3, 0.4) is 0 Å². The van der Waals surface area contributed by atoms with Crippen LogP contribution in [0.5, 0.6) is 0 Å². The monoisotopic (exact) mass is 323 g/mol. The van der Waals surface area contributed by atoms with Crippen molar-refractivity contribution in [3.63, 3.8) is 0 Å². The van der Waals surface area contributed by atoms with Gasteiger partial charge in [-0.05, 0) is 37.0 Å². The van der Waals surface area contributed by atoms with Gasteiger partial charge < -0.3 is 9.88 Å². The molecule has 0 saturated carbocycles. The van der Waals surface area contributed by atoms with Crippen LogP contribution in [0.1, 0.15) is 34.7 Å². The molecule has 24 heavy (non-hydrogen) atoms. The van der Waals surface area contributed by atoms with Crippen molar-refractivity contribution < 1.29 is 9.18 Å². The standard InChI is InChI=1S/C19H18FN3O/c20-16-12-22-18-15(6-9-21-18)17(16)13-7-10-23(11-8-13)19(24)14-4-2-1-3-5-14/h1-6,9,12-13H,7-8,10-11H2,(H,21,22). The molecule has 4 nitrogen and oxygen atoms in total. The molecule has 0 bridgehead atoms. The quantitative estimate of drug-likeness (QED) is 0.781. The average molecular weight is 323 g/mol. The third-order valence-corrected chi connectivity index (χ3v) is 4.79. The number of aromatic nitrogens is 2. The van der Waals surface area contributed by atoms with Crippen LogP contribution in [0.15, 0.2) is 48.8 Å². The number of H-pyrrole nitrogens is 1. The van der Waals surface area contributed by atoms with Gasteiger partial charge in [0.25, 0.3) is 5.91 Å². The highest BCUT2D eigenvalue weighted by molar-refractivity contribution is 5.94. The van der Waals surface area contributed by atoms with Gasteiger partial charge >= 0.3 is 0 Å². The largest absolute Gasteiger partial charge is 0.346 e. The van der Waals surface area contributed by atoms with Gasteiger partial charge in [0.1, 0.15) is 11.5 Å². The Morgan fingerprint density at radius 2 is 1.92 bits per heavy atom. The summed E-state index contributed by atoms with van der Waals surface area (Å²) in [4.78, 5) is 21.5. The number of rotatable bonds is 2. The van der Waals surface area contributed by atoms with E-state index in [2.05, 4.69) is 9.97 Å². The summed E-state index contributed by atoms with van der Waals surface area (Å²) in [6.07, 6.45) is 4.60. The van der Waals surface area contributed by atoms with Crippen molar-refractivity contribution >= 4 is 16.9 Å². The zero-order valence-electron chi connectivity index (χ0n) is 13.2. The Hall–Kier alpha value is -2.69. The van der Waals surface area contributed by atoms with Crippen molar-refractivity contribution in [2.24, 2.45) is 0 Å². The fourth-order valence-electron chi connectivity index (χ4n) is 3.55. The van der Waals surface area contributed by atoms with E-state index in [1.165, 1.54) is 6.20 Å². The van der Waals surface area contributed by atoms with Crippen LogP contribution in [0.2, 0.25) is 0 Å². The predicted molar refractivity (Wildman–Crippen MR) is 90.4 cm³/mol. The molecule has 0 aliphatic carbocycles. The number of halogens is 1. The molecule has 0 radical (unpaired) electrons. The normalized spacial score (nSPS) is 15.8. The van der Waals surface area contributed by atoms with E-state index in [9.17, 15) is 9.18 Å². The minimum Gasteiger partial charge on any atom is -0.346 e. The van der Waals surface area contributed by atoms with Crippen molar-refractivity contribution in [3.8, 4) is 0 Å². The van der Waals surface area contributed by atoms with Crippen LogP contribution in [-0.2, 0) is 0 Å². The van der Waals surface area contributed by atoms with Gasteiger partial charge in [0, 0.05) is 35.8 Å². The zero-order valence-corrected chi connectivity index (χ0v) is 13.2. The summed E-state index contributed by atoms with van der Waals surface area (Å²) in [5.41, 5.74) is 2.15. The highest BCUT2D eigenvalue weighted by atomic mass is 19.1. The molecule has 3 heterocycles. The molecule has 3 aromatic rings. The number of carbonyl (C=O) groups is 1. The summed E-state index contributed by atoms with van der Waals surface area (Å²) < 4.78 is 14.3. The Morgan fingerprint density at radius 3 is 2.67 bits per heavy atom. The highest BCUT2D eigenvalue weighted by Crippen LogP contribution is 2.34. The number of benzene rings is 1. The first kappa shape index (κ1) is 14.9. The molecule has 1 amide bonds. The van der Waals surface area contributed by atoms with Crippen molar-refractivity contribution in [1.82, 2.24) is 14.9 Å². The second-order valence-corrected chi connectivity index (χ2v) is 6.19. The third kappa shape index (κ3) is 2.56. The number of amides is 1. The first-order valence-electron chi connectivity index (χ1n) is 8.20. The lowest BCUT2D eigenvalue weighted by Gasteiger charge is -2.32. The van der Waals surface area contributed by atoms with Gasteiger partial charge in [-0.25, -0.2) is 9.37 Å². The van der Waals surface area contributed by atoms with Crippen molar-refractivity contribution in [1.29, 1.82) is 0 Å². The van der Waals surface area contributed by atoms with Crippen molar-refractivity contribution in [2.75, 3.05) is 13.1 Å². The number of aromatic amines is 1. The summed E-state index contributed by atoms with van der Waals surface area (Å²) >= 11 is 0. The molecule has 1 aromatic carbocycles. The number of pyridine rings is 1. The molecular formula is C19H18FN3O. The number of piperidine rings is 1. The number of hydrogen-bond acceptors (Lipinski definition) is 2. The van der Waals surface area contributed by atoms with Gasteiger partial charge in [0.2, 0.25) is 0 Å². The van der Waals surface area contributed by atoms with Gasteiger partial charge in [-0.2, -0.15) is 0 Å². The Kier molecular flexibility index (Phi) is 3.76. The van der Waals surface area contributed by atoms with E-state index in [1.807, 2.05) is 41.3 Å². The van der Waals surface area contributed by atoms with Crippen LogP contribution >= 0.6 is 0 Å². The van der Waals surface area contributed by atoms with Gasteiger partial charge in [-0.1, -0.05) is 18.2 Å². The maximum atomic E-state index is 14.3. The molecule has 0 atom stereocenters. The molecule has 0 unspecified atom stereocenters. The van der Waals surface area contributed by atoms with E-state index in [0.717, 1.165) is 23.8 Å². The number of hydrogen-bond donors (Lipinski definition) is 1. The lowest BCUT2D eigenvalue weighted by Crippen LogP contribution is -2.38. The number of nitrogens with zero attached hydrogens (tertiary/aromatic N) is 2. The molecule has 5 heteroatoms. The fourth-order valence-corrected chi connectivity index (χ4v) is 3.55. The molecule has 1 aliphatic rings. The van der Waals surface area contributed by atoms with Crippen LogP contribution in [-0.4, -0.2) is 33.9 Å². The second-order valence-electron chi connectivity index (χ2n) is 6.19. The van der Waals surface area contributed by atoms with Crippen LogP contribution < -0.4 is 0 Å². The predicted octanol–water partition coefficient (Wildman–Crippen LogP) is 3.72. The average Bonchev–Trinajstić information content (AvgIpc) is 3.10. The fraction of sp³-hybridized carbons (Fsp3) is 0.263. The molecule has 122 valence electrons. The minimum absolute atomic E-state index is 0.0519. The summed E-state index contributed by atoms with van der Waals surface area (Å²) in [6, 6.07) is 11.2. The number of likely N-dealkylation sites (tertiary alicyclic amines) is 1. The minimum atomic E-state index is -0.255. The maximum Gasteiger partial charge on any atom is 0.253 e. The zero-order chi connectivity index (χ0) is 16.5. The molecule has 1 fully saturated rings. The number of fused-ring (bicyclic) bond motifs is 1. The lowest BCUT2D eigenvalue weighted by atomic mass is 9.87. The Morgan fingerprint density at radius 1 is 1.17 bits per heavy atom. The smallest absolute Gasteiger partial charge is 0.253 e. The van der Waals surface area contributed by atoms with Crippen LogP contribution in [0.4, 0.5) is 4.39 Å². The molecule has 4 rings (SSSR count). The van der Waals surface area contributed by atoms with Gasteiger partial charge in [-0.15, -0.1) is 0 Å². The molecule has 1 N–H and O–H groups in total. The van der Waals surface area contributed by atoms with E-state index in [0.29, 0.717) is 24.3 Å². The second kappa shape index (κ2) is 6.07. The maximum absolute atomic E-state index is 14.3. The molecule has 1 saturated heterocycles. The molecular weight excluding hydrogens is 305 g/mol. The third-order valence-electron chi connectivity index (χ3n) is 4.79. The first-order valence-corrected chi connectivity index (χ1v) is 8.20. The van der Waals surface area contributed by atoms with Gasteiger partial charge in [-0.3, -0.25) is 4.79 Å². The number of carbonyl (C=O) groups excluding carboxylic acids is 1. The van der Waals surface area contributed by atoms with Crippen molar-refractivity contribution in [2.45, 2.75) is 18.8 Å². The molecule has 2 aromatic heterocycles. The van der Waals surface area contributed by atoms with E-state index in [1.54, 1.807) is 6.20 Å². The molecule has 1 aliphatic heterocycles. The Balaban J connectivity index is 1.53. The lowest BCUT2D eigenvalue weighted by molar-refractivity contribution is 0.0712. The molecule has 0 spiro atoms. The van der Waals surface area contributed by atoms with E-state index in [4.69, 9.17) is 0 Å². The Bertz CT molecular complexity index is 867.